The number of para-hydroxylation sites is 1. The molecule has 0 aromatic heterocycles. The Labute approximate surface area is 153 Å². The molecule has 1 aromatic rings. The van der Waals surface area contributed by atoms with Gasteiger partial charge in [-0.1, -0.05) is 29.3 Å². The number of nitrogens with zero attached hydrogens (tertiary/aromatic N) is 2. The quantitative estimate of drug-likeness (QED) is 0.650. The van der Waals surface area contributed by atoms with Gasteiger partial charge in [-0.25, -0.2) is 8.42 Å². The summed E-state index contributed by atoms with van der Waals surface area (Å²) in [5.74, 6) is -0.217. The third-order valence-electron chi connectivity index (χ3n) is 3.23. The van der Waals surface area contributed by atoms with E-state index in [1.54, 1.807) is 18.2 Å². The van der Waals surface area contributed by atoms with Crippen LogP contribution in [0.15, 0.2) is 18.2 Å². The SMILES string of the molecule is CN(C)CCCNC(=O)CCN(c1c(Cl)cccc1Cl)S(C)(=O)=O. The minimum atomic E-state index is -3.62. The molecule has 0 heterocycles. The molecule has 1 aromatic carbocycles. The fourth-order valence-corrected chi connectivity index (χ4v) is 3.74. The zero-order valence-electron chi connectivity index (χ0n) is 14.1. The standard InChI is InChI=1S/C15H23Cl2N3O3S/c1-19(2)10-5-9-18-14(21)8-11-20(24(3,22)23)15-12(16)6-4-7-13(15)17/h4,6-7H,5,8-11H2,1-3H3,(H,18,21). The van der Waals surface area contributed by atoms with Crippen molar-refractivity contribution in [2.75, 3.05) is 44.3 Å². The number of hydrogen-bond donors (Lipinski definition) is 1. The lowest BCUT2D eigenvalue weighted by Gasteiger charge is -2.24. The molecule has 0 radical (unpaired) electrons. The predicted molar refractivity (Wildman–Crippen MR) is 99.4 cm³/mol. The molecular weight excluding hydrogens is 373 g/mol. The van der Waals surface area contributed by atoms with Crippen LogP contribution >= 0.6 is 23.2 Å². The van der Waals surface area contributed by atoms with Crippen LogP contribution in [-0.4, -0.2) is 59.2 Å². The highest BCUT2D eigenvalue weighted by molar-refractivity contribution is 7.92. The summed E-state index contributed by atoms with van der Waals surface area (Å²) in [5.41, 5.74) is 0.198. The Kier molecular flexibility index (Phi) is 8.29. The van der Waals surface area contributed by atoms with Gasteiger partial charge in [0, 0.05) is 19.5 Å². The summed E-state index contributed by atoms with van der Waals surface area (Å²) in [6, 6.07) is 4.75. The third-order valence-corrected chi connectivity index (χ3v) is 5.01. The van der Waals surface area contributed by atoms with Gasteiger partial charge in [0.1, 0.15) is 0 Å². The maximum absolute atomic E-state index is 12.1. The molecular formula is C15H23Cl2N3O3S. The van der Waals surface area contributed by atoms with Gasteiger partial charge in [-0.05, 0) is 39.2 Å². The number of hydrogen-bond acceptors (Lipinski definition) is 4. The molecule has 1 rings (SSSR count). The van der Waals surface area contributed by atoms with E-state index in [2.05, 4.69) is 5.32 Å². The Balaban J connectivity index is 2.71. The lowest BCUT2D eigenvalue weighted by atomic mass is 10.3. The molecule has 0 atom stereocenters. The average molecular weight is 396 g/mol. The Morgan fingerprint density at radius 1 is 1.17 bits per heavy atom. The number of halogens is 2. The van der Waals surface area contributed by atoms with Crippen LogP contribution in [0, 0.1) is 0 Å². The van der Waals surface area contributed by atoms with Gasteiger partial charge >= 0.3 is 0 Å². The first-order chi connectivity index (χ1) is 11.1. The fourth-order valence-electron chi connectivity index (χ4n) is 2.09. The number of rotatable bonds is 9. The lowest BCUT2D eigenvalue weighted by Crippen LogP contribution is -2.35. The number of nitrogens with one attached hydrogen (secondary N) is 1. The summed E-state index contributed by atoms with van der Waals surface area (Å²) in [4.78, 5) is 13.9. The number of anilines is 1. The zero-order valence-corrected chi connectivity index (χ0v) is 16.4. The van der Waals surface area contributed by atoms with E-state index in [0.717, 1.165) is 23.5 Å². The average Bonchev–Trinajstić information content (AvgIpc) is 2.45. The second-order valence-electron chi connectivity index (χ2n) is 5.66. The molecule has 0 saturated carbocycles. The fraction of sp³-hybridized carbons (Fsp3) is 0.533. The Morgan fingerprint density at radius 3 is 2.25 bits per heavy atom. The molecule has 24 heavy (non-hydrogen) atoms. The first-order valence-electron chi connectivity index (χ1n) is 7.46. The van der Waals surface area contributed by atoms with Crippen LogP contribution in [0.5, 0.6) is 0 Å². The van der Waals surface area contributed by atoms with Gasteiger partial charge < -0.3 is 10.2 Å². The smallest absolute Gasteiger partial charge is 0.232 e. The summed E-state index contributed by atoms with van der Waals surface area (Å²) in [5, 5.41) is 3.22. The van der Waals surface area contributed by atoms with E-state index in [0.29, 0.717) is 6.54 Å². The molecule has 0 fully saturated rings. The van der Waals surface area contributed by atoms with Crippen molar-refractivity contribution >= 4 is 44.8 Å². The number of sulfonamides is 1. The van der Waals surface area contributed by atoms with Crippen molar-refractivity contribution in [2.24, 2.45) is 0 Å². The minimum Gasteiger partial charge on any atom is -0.356 e. The van der Waals surface area contributed by atoms with Crippen LogP contribution < -0.4 is 9.62 Å². The maximum Gasteiger partial charge on any atom is 0.232 e. The molecule has 1 N–H and O–H groups in total. The van der Waals surface area contributed by atoms with E-state index in [9.17, 15) is 13.2 Å². The molecule has 9 heteroatoms. The highest BCUT2D eigenvalue weighted by Crippen LogP contribution is 2.34. The van der Waals surface area contributed by atoms with Crippen molar-refractivity contribution in [2.45, 2.75) is 12.8 Å². The first-order valence-corrected chi connectivity index (χ1v) is 10.1. The Bertz CT molecular complexity index is 646. The lowest BCUT2D eigenvalue weighted by molar-refractivity contribution is -0.120. The Hall–Kier alpha value is -1.02. The van der Waals surface area contributed by atoms with Crippen LogP contribution in [-0.2, 0) is 14.8 Å². The second kappa shape index (κ2) is 9.46. The highest BCUT2D eigenvalue weighted by Gasteiger charge is 2.23. The first kappa shape index (κ1) is 21.0. The summed E-state index contributed by atoms with van der Waals surface area (Å²) >= 11 is 12.2. The molecule has 1 amide bonds. The van der Waals surface area contributed by atoms with Gasteiger partial charge in [0.25, 0.3) is 0 Å². The van der Waals surface area contributed by atoms with Gasteiger partial charge in [0.2, 0.25) is 15.9 Å². The number of carbonyl (C=O) groups is 1. The third kappa shape index (κ3) is 6.84. The molecule has 0 spiro atoms. The normalized spacial score (nSPS) is 11.6. The van der Waals surface area contributed by atoms with Gasteiger partial charge in [-0.3, -0.25) is 9.10 Å². The van der Waals surface area contributed by atoms with E-state index in [4.69, 9.17) is 23.2 Å². The summed E-state index contributed by atoms with van der Waals surface area (Å²) in [6.07, 6.45) is 1.91. The molecule has 0 bridgehead atoms. The van der Waals surface area contributed by atoms with E-state index >= 15 is 0 Å². The van der Waals surface area contributed by atoms with Crippen LogP contribution in [0.4, 0.5) is 5.69 Å². The van der Waals surface area contributed by atoms with Gasteiger partial charge in [0.05, 0.1) is 22.0 Å². The van der Waals surface area contributed by atoms with Crippen LogP contribution in [0.25, 0.3) is 0 Å². The summed E-state index contributed by atoms with van der Waals surface area (Å²) in [7, 11) is 0.298. The monoisotopic (exact) mass is 395 g/mol. The Morgan fingerprint density at radius 2 is 1.75 bits per heavy atom. The van der Waals surface area contributed by atoms with Crippen molar-refractivity contribution in [3.63, 3.8) is 0 Å². The summed E-state index contributed by atoms with van der Waals surface area (Å²) < 4.78 is 25.2. The van der Waals surface area contributed by atoms with Gasteiger partial charge in [-0.2, -0.15) is 0 Å². The molecule has 6 nitrogen and oxygen atoms in total. The van der Waals surface area contributed by atoms with E-state index < -0.39 is 10.0 Å². The molecule has 0 unspecified atom stereocenters. The topological polar surface area (TPSA) is 69.7 Å². The van der Waals surface area contributed by atoms with Crippen LogP contribution in [0.3, 0.4) is 0 Å². The van der Waals surface area contributed by atoms with E-state index in [1.165, 1.54) is 0 Å². The van der Waals surface area contributed by atoms with Crippen molar-refractivity contribution in [3.05, 3.63) is 28.2 Å². The molecule has 0 aliphatic heterocycles. The van der Waals surface area contributed by atoms with Gasteiger partial charge in [-0.15, -0.1) is 0 Å². The zero-order chi connectivity index (χ0) is 18.3. The van der Waals surface area contributed by atoms with Gasteiger partial charge in [0.15, 0.2) is 0 Å². The molecule has 0 aliphatic rings. The highest BCUT2D eigenvalue weighted by atomic mass is 35.5. The minimum absolute atomic E-state index is 0.0244. The number of carbonyl (C=O) groups excluding carboxylic acids is 1. The van der Waals surface area contributed by atoms with Crippen LogP contribution in [0.2, 0.25) is 10.0 Å². The van der Waals surface area contributed by atoms with Crippen molar-refractivity contribution in [1.82, 2.24) is 10.2 Å². The predicted octanol–water partition coefficient (Wildman–Crippen LogP) is 2.22. The number of benzene rings is 1. The van der Waals surface area contributed by atoms with Crippen molar-refractivity contribution in [3.8, 4) is 0 Å². The largest absolute Gasteiger partial charge is 0.356 e. The molecule has 0 aliphatic carbocycles. The number of amides is 1. The van der Waals surface area contributed by atoms with E-state index in [-0.39, 0.29) is 34.6 Å². The van der Waals surface area contributed by atoms with Crippen molar-refractivity contribution < 1.29 is 13.2 Å². The van der Waals surface area contributed by atoms with Crippen LogP contribution in [0.1, 0.15) is 12.8 Å². The van der Waals surface area contributed by atoms with E-state index in [1.807, 2.05) is 19.0 Å². The van der Waals surface area contributed by atoms with Crippen molar-refractivity contribution in [1.29, 1.82) is 0 Å². The maximum atomic E-state index is 12.1. The molecule has 0 saturated heterocycles. The molecule has 136 valence electrons. The second-order valence-corrected chi connectivity index (χ2v) is 8.38. The summed E-state index contributed by atoms with van der Waals surface area (Å²) in [6.45, 7) is 1.38.